The van der Waals surface area contributed by atoms with Crippen molar-refractivity contribution >= 4 is 6.03 Å². The van der Waals surface area contributed by atoms with E-state index in [9.17, 15) is 4.79 Å². The molecule has 4 rings (SSSR count). The van der Waals surface area contributed by atoms with Gasteiger partial charge in [0.25, 0.3) is 0 Å². The van der Waals surface area contributed by atoms with E-state index in [1.54, 1.807) is 0 Å². The Morgan fingerprint density at radius 2 is 1.50 bits per heavy atom. The molecule has 0 saturated carbocycles. The predicted octanol–water partition coefficient (Wildman–Crippen LogP) is 5.57. The van der Waals surface area contributed by atoms with Crippen LogP contribution in [-0.4, -0.2) is 60.6 Å². The Morgan fingerprint density at radius 1 is 0.889 bits per heavy atom. The highest BCUT2D eigenvalue weighted by Gasteiger charge is 2.40. The summed E-state index contributed by atoms with van der Waals surface area (Å²) in [5.74, 6) is 0. The van der Waals surface area contributed by atoms with E-state index in [-0.39, 0.29) is 35.0 Å². The fourth-order valence-corrected chi connectivity index (χ4v) is 5.66. The molecule has 0 spiro atoms. The zero-order chi connectivity index (χ0) is 25.9. The lowest BCUT2D eigenvalue weighted by atomic mass is 9.82. The van der Waals surface area contributed by atoms with Crippen molar-refractivity contribution in [2.24, 2.45) is 5.41 Å². The number of carbonyl (C=O) groups excluding carboxylic acids is 1. The monoisotopic (exact) mass is 490 g/mol. The standard InChI is InChI=1S/C31H46N4O/c1-30(2,3)25-14-12-24(13-15-25)28(23-10-8-7-9-11-23)34-20-21-35(27(22-34)31(4,5)6)29(36)33-26-16-18-32-19-17-26/h7-15,26-28,32H,16-22H2,1-6H3,(H,33,36)/t27-,28?/m1/s1. The van der Waals surface area contributed by atoms with Crippen LogP contribution in [0.25, 0.3) is 0 Å². The summed E-state index contributed by atoms with van der Waals surface area (Å²) in [5.41, 5.74) is 4.08. The molecule has 2 saturated heterocycles. The van der Waals surface area contributed by atoms with Gasteiger partial charge in [-0.05, 0) is 53.5 Å². The number of urea groups is 1. The first-order valence-corrected chi connectivity index (χ1v) is 13.7. The fourth-order valence-electron chi connectivity index (χ4n) is 5.66. The van der Waals surface area contributed by atoms with Gasteiger partial charge < -0.3 is 15.5 Å². The van der Waals surface area contributed by atoms with Crippen molar-refractivity contribution in [1.29, 1.82) is 0 Å². The van der Waals surface area contributed by atoms with Crippen LogP contribution in [0, 0.1) is 5.41 Å². The van der Waals surface area contributed by atoms with Crippen LogP contribution >= 0.6 is 0 Å². The van der Waals surface area contributed by atoms with Gasteiger partial charge in [0.15, 0.2) is 0 Å². The third-order valence-electron chi connectivity index (χ3n) is 7.91. The summed E-state index contributed by atoms with van der Waals surface area (Å²) in [7, 11) is 0. The zero-order valence-electron chi connectivity index (χ0n) is 23.2. The average Bonchev–Trinajstić information content (AvgIpc) is 2.85. The van der Waals surface area contributed by atoms with Gasteiger partial charge in [0.1, 0.15) is 0 Å². The van der Waals surface area contributed by atoms with Gasteiger partial charge in [0.2, 0.25) is 0 Å². The van der Waals surface area contributed by atoms with E-state index >= 15 is 0 Å². The molecule has 2 atom stereocenters. The summed E-state index contributed by atoms with van der Waals surface area (Å²) in [4.78, 5) is 18.2. The number of nitrogens with one attached hydrogen (secondary N) is 2. The van der Waals surface area contributed by atoms with E-state index in [0.29, 0.717) is 0 Å². The summed E-state index contributed by atoms with van der Waals surface area (Å²) >= 11 is 0. The number of amides is 2. The molecule has 5 nitrogen and oxygen atoms in total. The SMILES string of the molecule is CC(C)(C)c1ccc(C(c2ccccc2)N2CCN(C(=O)NC3CCNCC3)[C@@H](C(C)(C)C)C2)cc1. The van der Waals surface area contributed by atoms with Gasteiger partial charge in [-0.1, -0.05) is 96.1 Å². The van der Waals surface area contributed by atoms with E-state index in [1.165, 1.54) is 16.7 Å². The first kappa shape index (κ1) is 26.7. The lowest BCUT2D eigenvalue weighted by Gasteiger charge is -2.49. The van der Waals surface area contributed by atoms with Crippen LogP contribution in [0.4, 0.5) is 4.79 Å². The normalized spacial score (nSPS) is 21.3. The van der Waals surface area contributed by atoms with Gasteiger partial charge in [-0.15, -0.1) is 0 Å². The molecule has 196 valence electrons. The topological polar surface area (TPSA) is 47.6 Å². The van der Waals surface area contributed by atoms with Crippen molar-refractivity contribution in [3.05, 3.63) is 71.3 Å². The first-order valence-electron chi connectivity index (χ1n) is 13.7. The van der Waals surface area contributed by atoms with E-state index in [4.69, 9.17) is 0 Å². The number of carbonyl (C=O) groups is 1. The van der Waals surface area contributed by atoms with Crippen LogP contribution < -0.4 is 10.6 Å². The summed E-state index contributed by atoms with van der Waals surface area (Å²) in [5, 5.41) is 6.74. The molecule has 36 heavy (non-hydrogen) atoms. The molecule has 2 aliphatic rings. The fraction of sp³-hybridized carbons (Fsp3) is 0.581. The summed E-state index contributed by atoms with van der Waals surface area (Å²) < 4.78 is 0. The minimum atomic E-state index is -0.0263. The van der Waals surface area contributed by atoms with Crippen LogP contribution in [0.1, 0.15) is 77.1 Å². The quantitative estimate of drug-likeness (QED) is 0.589. The maximum Gasteiger partial charge on any atom is 0.317 e. The first-order chi connectivity index (χ1) is 17.0. The number of benzene rings is 2. The van der Waals surface area contributed by atoms with Crippen molar-refractivity contribution in [2.75, 3.05) is 32.7 Å². The smallest absolute Gasteiger partial charge is 0.317 e. The predicted molar refractivity (Wildman–Crippen MR) is 149 cm³/mol. The summed E-state index contributed by atoms with van der Waals surface area (Å²) in [6, 6.07) is 20.7. The highest BCUT2D eigenvalue weighted by atomic mass is 16.2. The summed E-state index contributed by atoms with van der Waals surface area (Å²) in [6.07, 6.45) is 2.01. The minimum absolute atomic E-state index is 0.0263. The molecular weight excluding hydrogens is 444 g/mol. The maximum atomic E-state index is 13.4. The Balaban J connectivity index is 1.59. The molecule has 0 aliphatic carbocycles. The Labute approximate surface area is 218 Å². The van der Waals surface area contributed by atoms with Crippen LogP contribution in [-0.2, 0) is 5.41 Å². The number of piperidine rings is 1. The van der Waals surface area contributed by atoms with Gasteiger partial charge in [-0.25, -0.2) is 4.79 Å². The molecule has 0 bridgehead atoms. The molecule has 1 unspecified atom stereocenters. The Kier molecular flexibility index (Phi) is 8.11. The van der Waals surface area contributed by atoms with E-state index in [1.807, 2.05) is 0 Å². The van der Waals surface area contributed by atoms with Crippen molar-refractivity contribution in [2.45, 2.75) is 77.9 Å². The van der Waals surface area contributed by atoms with E-state index < -0.39 is 0 Å². The zero-order valence-corrected chi connectivity index (χ0v) is 23.2. The number of piperazine rings is 1. The highest BCUT2D eigenvalue weighted by Crippen LogP contribution is 2.36. The van der Waals surface area contributed by atoms with Gasteiger partial charge in [-0.3, -0.25) is 4.90 Å². The number of rotatable bonds is 4. The van der Waals surface area contributed by atoms with Crippen LogP contribution in [0.5, 0.6) is 0 Å². The molecule has 2 amide bonds. The molecule has 2 N–H and O–H groups in total. The molecule has 2 fully saturated rings. The number of hydrogen-bond donors (Lipinski definition) is 2. The largest absolute Gasteiger partial charge is 0.335 e. The number of nitrogens with zero attached hydrogens (tertiary/aromatic N) is 2. The lowest BCUT2D eigenvalue weighted by molar-refractivity contribution is 0.0261. The molecule has 0 radical (unpaired) electrons. The average molecular weight is 491 g/mol. The summed E-state index contributed by atoms with van der Waals surface area (Å²) in [6.45, 7) is 18.0. The third-order valence-corrected chi connectivity index (χ3v) is 7.91. The van der Waals surface area contributed by atoms with Crippen molar-refractivity contribution in [3.8, 4) is 0 Å². The van der Waals surface area contributed by atoms with E-state index in [2.05, 4.69) is 117 Å². The van der Waals surface area contributed by atoms with Crippen molar-refractivity contribution in [1.82, 2.24) is 20.4 Å². The van der Waals surface area contributed by atoms with Crippen molar-refractivity contribution in [3.63, 3.8) is 0 Å². The molecule has 2 aliphatic heterocycles. The molecule has 2 heterocycles. The van der Waals surface area contributed by atoms with Gasteiger partial charge in [0, 0.05) is 25.7 Å². The Bertz CT molecular complexity index is 984. The Morgan fingerprint density at radius 3 is 2.08 bits per heavy atom. The van der Waals surface area contributed by atoms with Crippen LogP contribution in [0.15, 0.2) is 54.6 Å². The maximum absolute atomic E-state index is 13.4. The molecule has 0 aromatic heterocycles. The van der Waals surface area contributed by atoms with Gasteiger partial charge in [0.05, 0.1) is 12.1 Å². The molecule has 5 heteroatoms. The number of hydrogen-bond acceptors (Lipinski definition) is 3. The van der Waals surface area contributed by atoms with Crippen molar-refractivity contribution < 1.29 is 4.79 Å². The second-order valence-corrected chi connectivity index (χ2v) is 12.7. The molecule has 2 aromatic carbocycles. The second-order valence-electron chi connectivity index (χ2n) is 12.7. The van der Waals surface area contributed by atoms with Crippen LogP contribution in [0.2, 0.25) is 0 Å². The minimum Gasteiger partial charge on any atom is -0.335 e. The van der Waals surface area contributed by atoms with E-state index in [0.717, 1.165) is 45.6 Å². The van der Waals surface area contributed by atoms with Gasteiger partial charge >= 0.3 is 6.03 Å². The second kappa shape index (κ2) is 10.9. The van der Waals surface area contributed by atoms with Crippen LogP contribution in [0.3, 0.4) is 0 Å². The van der Waals surface area contributed by atoms with Gasteiger partial charge in [-0.2, -0.15) is 0 Å². The Hall–Kier alpha value is -2.37. The lowest BCUT2D eigenvalue weighted by Crippen LogP contribution is -2.63. The third kappa shape index (κ3) is 6.30. The molecular formula is C31H46N4O. The molecule has 2 aromatic rings. The highest BCUT2D eigenvalue weighted by molar-refractivity contribution is 5.75.